The summed E-state index contributed by atoms with van der Waals surface area (Å²) in [5, 5.41) is 3.69. The zero-order valence-corrected chi connectivity index (χ0v) is 12.2. The van der Waals surface area contributed by atoms with Crippen molar-refractivity contribution in [3.8, 4) is 0 Å². The van der Waals surface area contributed by atoms with Gasteiger partial charge in [0.2, 0.25) is 0 Å². The third-order valence-electron chi connectivity index (χ3n) is 3.96. The first-order valence-electron chi connectivity index (χ1n) is 6.76. The highest BCUT2D eigenvalue weighted by Crippen LogP contribution is 2.26. The maximum Gasteiger partial charge on any atom is 0.0220 e. The first-order chi connectivity index (χ1) is 8.29. The van der Waals surface area contributed by atoms with Crippen LogP contribution in [0.3, 0.4) is 0 Å². The van der Waals surface area contributed by atoms with E-state index in [4.69, 9.17) is 0 Å². The largest absolute Gasteiger partial charge is 0.310 e. The zero-order chi connectivity index (χ0) is 12.1. The van der Waals surface area contributed by atoms with Crippen LogP contribution in [0.15, 0.2) is 28.7 Å². The summed E-state index contributed by atoms with van der Waals surface area (Å²) in [6.45, 7) is 3.31. The number of rotatable bonds is 4. The van der Waals surface area contributed by atoms with E-state index in [0.29, 0.717) is 0 Å². The normalized spacial score (nSPS) is 24.8. The predicted octanol–water partition coefficient (Wildman–Crippen LogP) is 4.51. The SMILES string of the molecule is CCC1CCC(NCc2ccccc2Br)CC1. The van der Waals surface area contributed by atoms with Crippen molar-refractivity contribution < 1.29 is 0 Å². The fourth-order valence-corrected chi connectivity index (χ4v) is 3.10. The second kappa shape index (κ2) is 6.55. The van der Waals surface area contributed by atoms with E-state index < -0.39 is 0 Å². The average molecular weight is 296 g/mol. The van der Waals surface area contributed by atoms with Gasteiger partial charge >= 0.3 is 0 Å². The highest BCUT2D eigenvalue weighted by molar-refractivity contribution is 9.10. The Morgan fingerprint density at radius 2 is 1.88 bits per heavy atom. The molecule has 0 atom stereocenters. The minimum Gasteiger partial charge on any atom is -0.310 e. The first-order valence-corrected chi connectivity index (χ1v) is 7.55. The summed E-state index contributed by atoms with van der Waals surface area (Å²) >= 11 is 3.60. The van der Waals surface area contributed by atoms with Crippen LogP contribution >= 0.6 is 15.9 Å². The van der Waals surface area contributed by atoms with Crippen molar-refractivity contribution in [3.63, 3.8) is 0 Å². The molecule has 1 saturated carbocycles. The number of benzene rings is 1. The average Bonchev–Trinajstić information content (AvgIpc) is 2.38. The van der Waals surface area contributed by atoms with Gasteiger partial charge in [0, 0.05) is 17.1 Å². The van der Waals surface area contributed by atoms with Gasteiger partial charge in [-0.15, -0.1) is 0 Å². The Hall–Kier alpha value is -0.340. The van der Waals surface area contributed by atoms with Gasteiger partial charge < -0.3 is 5.32 Å². The van der Waals surface area contributed by atoms with Crippen LogP contribution in [0.25, 0.3) is 0 Å². The minimum absolute atomic E-state index is 0.727. The van der Waals surface area contributed by atoms with Gasteiger partial charge in [0.05, 0.1) is 0 Å². The smallest absolute Gasteiger partial charge is 0.0220 e. The minimum atomic E-state index is 0.727. The van der Waals surface area contributed by atoms with Gasteiger partial charge in [-0.1, -0.05) is 47.5 Å². The quantitative estimate of drug-likeness (QED) is 0.862. The van der Waals surface area contributed by atoms with Gasteiger partial charge in [-0.05, 0) is 43.2 Å². The summed E-state index contributed by atoms with van der Waals surface area (Å²) in [5.41, 5.74) is 1.37. The lowest BCUT2D eigenvalue weighted by molar-refractivity contribution is 0.285. The lowest BCUT2D eigenvalue weighted by Crippen LogP contribution is -2.32. The Morgan fingerprint density at radius 1 is 1.18 bits per heavy atom. The van der Waals surface area contributed by atoms with Crippen molar-refractivity contribution >= 4 is 15.9 Å². The van der Waals surface area contributed by atoms with Crippen LogP contribution in [0, 0.1) is 5.92 Å². The molecule has 2 heteroatoms. The van der Waals surface area contributed by atoms with Gasteiger partial charge in [0.25, 0.3) is 0 Å². The molecule has 1 aliphatic rings. The number of nitrogens with one attached hydrogen (secondary N) is 1. The van der Waals surface area contributed by atoms with Crippen molar-refractivity contribution in [3.05, 3.63) is 34.3 Å². The van der Waals surface area contributed by atoms with Crippen molar-refractivity contribution in [1.29, 1.82) is 0 Å². The lowest BCUT2D eigenvalue weighted by Gasteiger charge is -2.28. The Morgan fingerprint density at radius 3 is 2.53 bits per heavy atom. The van der Waals surface area contributed by atoms with Crippen LogP contribution in [0.5, 0.6) is 0 Å². The number of hydrogen-bond acceptors (Lipinski definition) is 1. The second-order valence-corrected chi connectivity index (χ2v) is 5.95. The van der Waals surface area contributed by atoms with E-state index >= 15 is 0 Å². The van der Waals surface area contributed by atoms with E-state index in [1.165, 1.54) is 42.1 Å². The van der Waals surface area contributed by atoms with Crippen LogP contribution in [0.2, 0.25) is 0 Å². The number of halogens is 1. The molecule has 94 valence electrons. The van der Waals surface area contributed by atoms with Gasteiger partial charge in [-0.2, -0.15) is 0 Å². The molecular formula is C15H22BrN. The predicted molar refractivity (Wildman–Crippen MR) is 77.0 cm³/mol. The van der Waals surface area contributed by atoms with Crippen LogP contribution in [0.1, 0.15) is 44.6 Å². The van der Waals surface area contributed by atoms with E-state index in [2.05, 4.69) is 52.4 Å². The fraction of sp³-hybridized carbons (Fsp3) is 0.600. The molecule has 1 aliphatic carbocycles. The molecule has 0 heterocycles. The van der Waals surface area contributed by atoms with Crippen LogP contribution < -0.4 is 5.32 Å². The maximum atomic E-state index is 3.69. The van der Waals surface area contributed by atoms with Crippen molar-refractivity contribution in [2.24, 2.45) is 5.92 Å². The second-order valence-electron chi connectivity index (χ2n) is 5.10. The van der Waals surface area contributed by atoms with Crippen molar-refractivity contribution in [1.82, 2.24) is 5.32 Å². The van der Waals surface area contributed by atoms with E-state index in [-0.39, 0.29) is 0 Å². The van der Waals surface area contributed by atoms with Crippen LogP contribution in [0.4, 0.5) is 0 Å². The summed E-state index contributed by atoms with van der Waals surface area (Å²) in [5.74, 6) is 0.983. The molecule has 0 bridgehead atoms. The fourth-order valence-electron chi connectivity index (χ4n) is 2.67. The van der Waals surface area contributed by atoms with E-state index in [1.807, 2.05) is 0 Å². The summed E-state index contributed by atoms with van der Waals surface area (Å²) in [6, 6.07) is 9.21. The third-order valence-corrected chi connectivity index (χ3v) is 4.74. The topological polar surface area (TPSA) is 12.0 Å². The molecule has 0 unspecified atom stereocenters. The summed E-state index contributed by atoms with van der Waals surface area (Å²) in [7, 11) is 0. The first kappa shape index (κ1) is 13.1. The summed E-state index contributed by atoms with van der Waals surface area (Å²) in [4.78, 5) is 0. The highest BCUT2D eigenvalue weighted by atomic mass is 79.9. The van der Waals surface area contributed by atoms with Gasteiger partial charge in [-0.25, -0.2) is 0 Å². The number of hydrogen-bond donors (Lipinski definition) is 1. The van der Waals surface area contributed by atoms with Crippen molar-refractivity contribution in [2.75, 3.05) is 0 Å². The Bertz CT molecular complexity index is 343. The zero-order valence-electron chi connectivity index (χ0n) is 10.6. The Kier molecular flexibility index (Phi) is 5.05. The molecule has 0 saturated heterocycles. The molecular weight excluding hydrogens is 274 g/mol. The molecule has 0 radical (unpaired) electrons. The van der Waals surface area contributed by atoms with Gasteiger partial charge in [0.15, 0.2) is 0 Å². The van der Waals surface area contributed by atoms with Crippen molar-refractivity contribution in [2.45, 2.75) is 51.6 Å². The van der Waals surface area contributed by atoms with Crippen LogP contribution in [-0.2, 0) is 6.54 Å². The molecule has 1 aromatic rings. The Balaban J connectivity index is 1.78. The molecule has 1 aromatic carbocycles. The molecule has 0 spiro atoms. The standard InChI is InChI=1S/C15H22BrN/c1-2-12-7-9-14(10-8-12)17-11-13-5-3-4-6-15(13)16/h3-6,12,14,17H,2,7-11H2,1H3. The van der Waals surface area contributed by atoms with E-state index in [0.717, 1.165) is 18.5 Å². The van der Waals surface area contributed by atoms with Crippen LogP contribution in [-0.4, -0.2) is 6.04 Å². The molecule has 0 aromatic heterocycles. The summed E-state index contributed by atoms with van der Waals surface area (Å²) in [6.07, 6.45) is 6.87. The lowest BCUT2D eigenvalue weighted by atomic mass is 9.84. The van der Waals surface area contributed by atoms with Gasteiger partial charge in [-0.3, -0.25) is 0 Å². The maximum absolute atomic E-state index is 3.69. The summed E-state index contributed by atoms with van der Waals surface area (Å²) < 4.78 is 1.22. The molecule has 2 rings (SSSR count). The molecule has 1 nitrogen and oxygen atoms in total. The molecule has 0 aliphatic heterocycles. The molecule has 0 amide bonds. The molecule has 17 heavy (non-hydrogen) atoms. The Labute approximate surface area is 113 Å². The molecule has 1 fully saturated rings. The van der Waals surface area contributed by atoms with Gasteiger partial charge in [0.1, 0.15) is 0 Å². The highest BCUT2D eigenvalue weighted by Gasteiger charge is 2.19. The van der Waals surface area contributed by atoms with E-state index in [9.17, 15) is 0 Å². The molecule has 1 N–H and O–H groups in total. The third kappa shape index (κ3) is 3.82. The van der Waals surface area contributed by atoms with E-state index in [1.54, 1.807) is 0 Å². The monoisotopic (exact) mass is 295 g/mol.